The van der Waals surface area contributed by atoms with Gasteiger partial charge in [0.25, 0.3) is 5.91 Å². The number of rotatable bonds is 7. The first kappa shape index (κ1) is 22.5. The molecule has 0 saturated carbocycles. The van der Waals surface area contributed by atoms with Gasteiger partial charge in [-0.1, -0.05) is 36.0 Å². The first-order valence-corrected chi connectivity index (χ1v) is 10.7. The Morgan fingerprint density at radius 3 is 2.61 bits per heavy atom. The molecule has 0 unspecified atom stereocenters. The maximum Gasteiger partial charge on any atom is 0.254 e. The van der Waals surface area contributed by atoms with Crippen molar-refractivity contribution in [3.8, 4) is 0 Å². The average Bonchev–Trinajstić information content (AvgIpc) is 3.10. The Balaban J connectivity index is 1.60. The monoisotopic (exact) mass is 441 g/mol. The Labute approximate surface area is 184 Å². The van der Waals surface area contributed by atoms with Crippen LogP contribution in [0.2, 0.25) is 0 Å². The van der Waals surface area contributed by atoms with Crippen LogP contribution in [0.15, 0.2) is 47.6 Å². The predicted octanol–water partition coefficient (Wildman–Crippen LogP) is 3.79. The molecule has 0 aliphatic heterocycles. The fourth-order valence-electron chi connectivity index (χ4n) is 3.02. The van der Waals surface area contributed by atoms with Crippen LogP contribution in [0.4, 0.5) is 10.1 Å². The van der Waals surface area contributed by atoms with Crippen molar-refractivity contribution in [1.82, 2.24) is 20.1 Å². The van der Waals surface area contributed by atoms with Crippen LogP contribution in [0, 0.1) is 19.7 Å². The van der Waals surface area contributed by atoms with E-state index in [1.165, 1.54) is 30.0 Å². The normalized spacial score (nSPS) is 11.8. The zero-order valence-electron chi connectivity index (χ0n) is 17.8. The number of carbonyl (C=O) groups is 2. The Morgan fingerprint density at radius 1 is 1.13 bits per heavy atom. The van der Waals surface area contributed by atoms with E-state index in [1.807, 2.05) is 32.0 Å². The summed E-state index contributed by atoms with van der Waals surface area (Å²) in [6.07, 6.45) is 0. The van der Waals surface area contributed by atoms with Crippen LogP contribution >= 0.6 is 11.8 Å². The van der Waals surface area contributed by atoms with Gasteiger partial charge >= 0.3 is 0 Å². The van der Waals surface area contributed by atoms with E-state index >= 15 is 0 Å². The molecule has 31 heavy (non-hydrogen) atoms. The van der Waals surface area contributed by atoms with Gasteiger partial charge in [0.1, 0.15) is 5.82 Å². The highest BCUT2D eigenvalue weighted by Crippen LogP contribution is 2.21. The molecule has 3 aromatic rings. The second kappa shape index (κ2) is 9.74. The van der Waals surface area contributed by atoms with Gasteiger partial charge in [-0.3, -0.25) is 9.59 Å². The summed E-state index contributed by atoms with van der Waals surface area (Å²) in [5.41, 5.74) is 2.89. The van der Waals surface area contributed by atoms with Gasteiger partial charge in [-0.2, -0.15) is 0 Å². The van der Waals surface area contributed by atoms with E-state index in [9.17, 15) is 14.0 Å². The number of aromatic nitrogens is 3. The molecule has 7 nitrogen and oxygen atoms in total. The highest BCUT2D eigenvalue weighted by molar-refractivity contribution is 7.99. The zero-order valence-corrected chi connectivity index (χ0v) is 18.6. The third-order valence-corrected chi connectivity index (χ3v) is 5.95. The molecule has 0 fully saturated rings. The largest absolute Gasteiger partial charge is 0.342 e. The minimum absolute atomic E-state index is 0.0331. The number of anilines is 1. The molecule has 1 atom stereocenters. The van der Waals surface area contributed by atoms with Crippen LogP contribution in [-0.2, 0) is 11.8 Å². The summed E-state index contributed by atoms with van der Waals surface area (Å²) in [6, 6.07) is 11.0. The van der Waals surface area contributed by atoms with Crippen molar-refractivity contribution < 1.29 is 14.0 Å². The number of amides is 2. The van der Waals surface area contributed by atoms with E-state index in [1.54, 1.807) is 24.6 Å². The quantitative estimate of drug-likeness (QED) is 0.545. The summed E-state index contributed by atoms with van der Waals surface area (Å²) in [5, 5.41) is 14.4. The van der Waals surface area contributed by atoms with Crippen LogP contribution in [0.25, 0.3) is 0 Å². The molecule has 2 aromatic carbocycles. The highest BCUT2D eigenvalue weighted by Gasteiger charge is 2.20. The van der Waals surface area contributed by atoms with E-state index < -0.39 is 17.8 Å². The molecular formula is C22H24FN5O2S. The lowest BCUT2D eigenvalue weighted by Crippen LogP contribution is -2.29. The molecule has 162 valence electrons. The van der Waals surface area contributed by atoms with Crippen LogP contribution in [0.5, 0.6) is 0 Å². The summed E-state index contributed by atoms with van der Waals surface area (Å²) < 4.78 is 15.5. The molecule has 0 radical (unpaired) electrons. The number of benzene rings is 2. The van der Waals surface area contributed by atoms with Crippen molar-refractivity contribution in [3.63, 3.8) is 0 Å². The van der Waals surface area contributed by atoms with Crippen molar-refractivity contribution >= 4 is 29.3 Å². The SMILES string of the molecule is Cc1cccc(NC(=O)CSc2nnc([C@@H](C)NC(=O)c3ccccc3F)n2C)c1C. The summed E-state index contributed by atoms with van der Waals surface area (Å²) >= 11 is 1.25. The zero-order chi connectivity index (χ0) is 22.5. The summed E-state index contributed by atoms with van der Waals surface area (Å²) in [6.45, 7) is 5.70. The Hall–Kier alpha value is -3.20. The van der Waals surface area contributed by atoms with Gasteiger partial charge in [0, 0.05) is 12.7 Å². The third kappa shape index (κ3) is 5.29. The van der Waals surface area contributed by atoms with Crippen molar-refractivity contribution in [1.29, 1.82) is 0 Å². The van der Waals surface area contributed by atoms with Gasteiger partial charge in [-0.15, -0.1) is 10.2 Å². The highest BCUT2D eigenvalue weighted by atomic mass is 32.2. The number of thioether (sulfide) groups is 1. The van der Waals surface area contributed by atoms with E-state index in [0.717, 1.165) is 16.8 Å². The van der Waals surface area contributed by atoms with Crippen molar-refractivity contribution in [2.24, 2.45) is 7.05 Å². The summed E-state index contributed by atoms with van der Waals surface area (Å²) in [4.78, 5) is 24.7. The molecule has 0 saturated heterocycles. The number of halogens is 1. The number of nitrogens with one attached hydrogen (secondary N) is 2. The molecule has 2 N–H and O–H groups in total. The van der Waals surface area contributed by atoms with Gasteiger partial charge < -0.3 is 15.2 Å². The number of hydrogen-bond acceptors (Lipinski definition) is 5. The van der Waals surface area contributed by atoms with Gasteiger partial charge in [-0.25, -0.2) is 4.39 Å². The van der Waals surface area contributed by atoms with Crippen molar-refractivity contribution in [2.45, 2.75) is 32.0 Å². The van der Waals surface area contributed by atoms with E-state index in [0.29, 0.717) is 11.0 Å². The Morgan fingerprint density at radius 2 is 1.87 bits per heavy atom. The summed E-state index contributed by atoms with van der Waals surface area (Å²) in [7, 11) is 1.76. The molecular weight excluding hydrogens is 417 g/mol. The van der Waals surface area contributed by atoms with E-state index in [2.05, 4.69) is 20.8 Å². The third-order valence-electron chi connectivity index (χ3n) is 4.93. The Bertz CT molecular complexity index is 1120. The van der Waals surface area contributed by atoms with Gasteiger partial charge in [0.2, 0.25) is 5.91 Å². The second-order valence-electron chi connectivity index (χ2n) is 7.16. The average molecular weight is 442 g/mol. The van der Waals surface area contributed by atoms with Gasteiger partial charge in [0.15, 0.2) is 11.0 Å². The van der Waals surface area contributed by atoms with Crippen LogP contribution in [-0.4, -0.2) is 32.3 Å². The molecule has 2 amide bonds. The van der Waals surface area contributed by atoms with Crippen LogP contribution in [0.1, 0.15) is 40.3 Å². The Kier molecular flexibility index (Phi) is 7.06. The van der Waals surface area contributed by atoms with Crippen LogP contribution in [0.3, 0.4) is 0 Å². The lowest BCUT2D eigenvalue weighted by molar-refractivity contribution is -0.113. The molecule has 1 heterocycles. The first-order chi connectivity index (χ1) is 14.8. The minimum atomic E-state index is -0.587. The number of carbonyl (C=O) groups excluding carboxylic acids is 2. The van der Waals surface area contributed by atoms with E-state index in [4.69, 9.17) is 0 Å². The molecule has 0 aliphatic rings. The standard InChI is InChI=1S/C22H24FN5O2S/c1-13-8-7-11-18(14(13)2)25-19(29)12-31-22-27-26-20(28(22)4)15(3)24-21(30)16-9-5-6-10-17(16)23/h5-11,15H,12H2,1-4H3,(H,24,30)(H,25,29)/t15-/m1/s1. The summed E-state index contributed by atoms with van der Waals surface area (Å²) in [5.74, 6) is -0.603. The fraction of sp³-hybridized carbons (Fsp3) is 0.273. The van der Waals surface area contributed by atoms with Crippen molar-refractivity contribution in [3.05, 3.63) is 70.8 Å². The molecule has 0 aliphatic carbocycles. The second-order valence-corrected chi connectivity index (χ2v) is 8.10. The number of aryl methyl sites for hydroxylation is 1. The lowest BCUT2D eigenvalue weighted by atomic mass is 10.1. The lowest BCUT2D eigenvalue weighted by Gasteiger charge is -2.14. The van der Waals surface area contributed by atoms with Crippen LogP contribution < -0.4 is 10.6 Å². The molecule has 1 aromatic heterocycles. The minimum Gasteiger partial charge on any atom is -0.342 e. The maximum absolute atomic E-state index is 13.8. The molecule has 0 bridgehead atoms. The fourth-order valence-corrected chi connectivity index (χ4v) is 3.73. The molecule has 0 spiro atoms. The van der Waals surface area contributed by atoms with Crippen molar-refractivity contribution in [2.75, 3.05) is 11.1 Å². The van der Waals surface area contributed by atoms with Gasteiger partial charge in [-0.05, 0) is 50.1 Å². The smallest absolute Gasteiger partial charge is 0.254 e. The van der Waals surface area contributed by atoms with Gasteiger partial charge in [0.05, 0.1) is 17.4 Å². The van der Waals surface area contributed by atoms with E-state index in [-0.39, 0.29) is 17.2 Å². The first-order valence-electron chi connectivity index (χ1n) is 9.71. The number of hydrogen-bond donors (Lipinski definition) is 2. The predicted molar refractivity (Wildman–Crippen MR) is 119 cm³/mol. The molecule has 3 rings (SSSR count). The maximum atomic E-state index is 13.8. The number of nitrogens with zero attached hydrogens (tertiary/aromatic N) is 3. The topological polar surface area (TPSA) is 88.9 Å². The molecule has 9 heteroatoms.